The van der Waals surface area contributed by atoms with E-state index in [0.717, 1.165) is 24.3 Å². The fourth-order valence-electron chi connectivity index (χ4n) is 3.14. The van der Waals surface area contributed by atoms with E-state index >= 15 is 0 Å². The summed E-state index contributed by atoms with van der Waals surface area (Å²) in [5.74, 6) is -0.332. The molecule has 1 aliphatic heterocycles. The average molecular weight is 345 g/mol. The summed E-state index contributed by atoms with van der Waals surface area (Å²) in [6, 6.07) is 1.57. The summed E-state index contributed by atoms with van der Waals surface area (Å²) >= 11 is 1.76. The van der Waals surface area contributed by atoms with Crippen LogP contribution in [0.4, 0.5) is 0 Å². The van der Waals surface area contributed by atoms with Crippen LogP contribution in [0.5, 0.6) is 0 Å². The van der Waals surface area contributed by atoms with Gasteiger partial charge in [-0.2, -0.15) is 5.10 Å². The summed E-state index contributed by atoms with van der Waals surface area (Å²) < 4.78 is 1.61. The molecular weight excluding hydrogens is 326 g/mol. The third kappa shape index (κ3) is 2.71. The van der Waals surface area contributed by atoms with Crippen LogP contribution in [0.15, 0.2) is 6.07 Å². The zero-order valence-corrected chi connectivity index (χ0v) is 14.4. The van der Waals surface area contributed by atoms with Gasteiger partial charge in [0.1, 0.15) is 5.69 Å². The smallest absolute Gasteiger partial charge is 0.271 e. The van der Waals surface area contributed by atoms with E-state index in [4.69, 9.17) is 0 Å². The van der Waals surface area contributed by atoms with Gasteiger partial charge in [-0.25, -0.2) is 4.98 Å². The van der Waals surface area contributed by atoms with Crippen LogP contribution >= 0.6 is 11.3 Å². The van der Waals surface area contributed by atoms with Crippen LogP contribution in [-0.4, -0.2) is 51.6 Å². The molecule has 126 valence electrons. The van der Waals surface area contributed by atoms with Gasteiger partial charge in [-0.3, -0.25) is 14.3 Å². The Morgan fingerprint density at radius 2 is 2.25 bits per heavy atom. The van der Waals surface area contributed by atoms with Crippen molar-refractivity contribution in [1.82, 2.24) is 25.0 Å². The molecule has 2 amide bonds. The number of hydrogen-bond acceptors (Lipinski definition) is 5. The van der Waals surface area contributed by atoms with E-state index in [9.17, 15) is 9.59 Å². The normalized spacial score (nSPS) is 16.2. The molecule has 0 aromatic carbocycles. The van der Waals surface area contributed by atoms with Gasteiger partial charge in [0.2, 0.25) is 0 Å². The van der Waals surface area contributed by atoms with Gasteiger partial charge in [0.15, 0.2) is 5.69 Å². The molecule has 2 aromatic rings. The van der Waals surface area contributed by atoms with Crippen molar-refractivity contribution in [2.45, 2.75) is 32.2 Å². The molecule has 24 heavy (non-hydrogen) atoms. The number of nitrogens with one attached hydrogen (secondary N) is 1. The summed E-state index contributed by atoms with van der Waals surface area (Å²) in [7, 11) is 1.75. The van der Waals surface area contributed by atoms with Gasteiger partial charge >= 0.3 is 0 Å². The van der Waals surface area contributed by atoms with E-state index in [0.29, 0.717) is 31.0 Å². The van der Waals surface area contributed by atoms with Crippen molar-refractivity contribution in [3.8, 4) is 0 Å². The quantitative estimate of drug-likeness (QED) is 0.892. The van der Waals surface area contributed by atoms with Crippen molar-refractivity contribution in [3.63, 3.8) is 0 Å². The van der Waals surface area contributed by atoms with Crippen LogP contribution in [0, 0.1) is 0 Å². The van der Waals surface area contributed by atoms with Crippen molar-refractivity contribution in [3.05, 3.63) is 33.0 Å². The van der Waals surface area contributed by atoms with Crippen LogP contribution in [0.1, 0.15) is 43.0 Å². The Morgan fingerprint density at radius 3 is 3.08 bits per heavy atom. The number of rotatable bonds is 4. The first-order valence-corrected chi connectivity index (χ1v) is 9.02. The van der Waals surface area contributed by atoms with Crippen LogP contribution in [0.2, 0.25) is 0 Å². The monoisotopic (exact) mass is 345 g/mol. The zero-order valence-electron chi connectivity index (χ0n) is 13.5. The van der Waals surface area contributed by atoms with Crippen LogP contribution < -0.4 is 5.32 Å². The fraction of sp³-hybridized carbons (Fsp3) is 0.500. The Balaban J connectivity index is 1.36. The molecular formula is C16H19N5O2S. The van der Waals surface area contributed by atoms with Gasteiger partial charge in [-0.15, -0.1) is 11.3 Å². The lowest BCUT2D eigenvalue weighted by atomic mass is 10.2. The summed E-state index contributed by atoms with van der Waals surface area (Å²) in [5, 5.41) is 8.20. The minimum atomic E-state index is -0.239. The summed E-state index contributed by atoms with van der Waals surface area (Å²) in [6.07, 6.45) is 4.17. The molecule has 0 atom stereocenters. The van der Waals surface area contributed by atoms with E-state index in [1.54, 1.807) is 34.0 Å². The first kappa shape index (κ1) is 15.3. The molecule has 8 heteroatoms. The van der Waals surface area contributed by atoms with Crippen molar-refractivity contribution in [2.24, 2.45) is 0 Å². The Morgan fingerprint density at radius 1 is 1.38 bits per heavy atom. The number of amides is 2. The van der Waals surface area contributed by atoms with Crippen molar-refractivity contribution >= 4 is 23.2 Å². The standard InChI is InChI=1S/C16H19N5O2S/c1-20-7-8-21-12(16(20)23)9-11(19-21)15(22)17-6-5-14-18-10-3-2-4-13(10)24-14/h9H,2-8H2,1H3,(H,17,22). The van der Waals surface area contributed by atoms with Crippen molar-refractivity contribution in [1.29, 1.82) is 0 Å². The van der Waals surface area contributed by atoms with Gasteiger partial charge in [0.05, 0.1) is 17.2 Å². The number of aromatic nitrogens is 3. The second-order valence-corrected chi connectivity index (χ2v) is 7.37. The van der Waals surface area contributed by atoms with Crippen molar-refractivity contribution < 1.29 is 9.59 Å². The lowest BCUT2D eigenvalue weighted by Gasteiger charge is -2.22. The van der Waals surface area contributed by atoms with Crippen molar-refractivity contribution in [2.75, 3.05) is 20.1 Å². The van der Waals surface area contributed by atoms with E-state index in [1.165, 1.54) is 17.0 Å². The van der Waals surface area contributed by atoms with Gasteiger partial charge in [-0.05, 0) is 19.3 Å². The molecule has 2 aromatic heterocycles. The molecule has 7 nitrogen and oxygen atoms in total. The number of carbonyl (C=O) groups excluding carboxylic acids is 2. The lowest BCUT2D eigenvalue weighted by Crippen LogP contribution is -2.37. The van der Waals surface area contributed by atoms with Crippen LogP contribution in [0.25, 0.3) is 0 Å². The number of hydrogen-bond donors (Lipinski definition) is 1. The van der Waals surface area contributed by atoms with Gasteiger partial charge in [0.25, 0.3) is 11.8 Å². The number of likely N-dealkylation sites (N-methyl/N-ethyl adjacent to an activating group) is 1. The summed E-state index contributed by atoms with van der Waals surface area (Å²) in [5.41, 5.74) is 2.02. The molecule has 0 unspecified atom stereocenters. The Hall–Kier alpha value is -2.22. The number of thiazole rings is 1. The minimum Gasteiger partial charge on any atom is -0.350 e. The second kappa shape index (κ2) is 6.01. The maximum atomic E-state index is 12.3. The molecule has 0 saturated carbocycles. The molecule has 0 saturated heterocycles. The lowest BCUT2D eigenvalue weighted by molar-refractivity contribution is 0.0742. The third-order valence-electron chi connectivity index (χ3n) is 4.49. The predicted molar refractivity (Wildman–Crippen MR) is 89.4 cm³/mol. The highest BCUT2D eigenvalue weighted by molar-refractivity contribution is 7.11. The molecule has 0 bridgehead atoms. The van der Waals surface area contributed by atoms with E-state index in [1.807, 2.05) is 0 Å². The molecule has 0 fully saturated rings. The van der Waals surface area contributed by atoms with Gasteiger partial charge < -0.3 is 10.2 Å². The molecule has 3 heterocycles. The fourth-order valence-corrected chi connectivity index (χ4v) is 4.29. The molecule has 2 aliphatic rings. The number of nitrogens with zero attached hydrogens (tertiary/aromatic N) is 4. The van der Waals surface area contributed by atoms with Crippen LogP contribution in [0.3, 0.4) is 0 Å². The number of aryl methyl sites for hydroxylation is 2. The minimum absolute atomic E-state index is 0.0925. The van der Waals surface area contributed by atoms with E-state index in [2.05, 4.69) is 15.4 Å². The Bertz CT molecular complexity index is 788. The molecule has 0 radical (unpaired) electrons. The maximum absolute atomic E-state index is 12.3. The second-order valence-electron chi connectivity index (χ2n) is 6.20. The number of carbonyl (C=O) groups is 2. The largest absolute Gasteiger partial charge is 0.350 e. The van der Waals surface area contributed by atoms with Gasteiger partial charge in [0, 0.05) is 37.5 Å². The van der Waals surface area contributed by atoms with Gasteiger partial charge in [-0.1, -0.05) is 0 Å². The Labute approximate surface area is 143 Å². The highest BCUT2D eigenvalue weighted by Crippen LogP contribution is 2.27. The molecule has 1 N–H and O–H groups in total. The summed E-state index contributed by atoms with van der Waals surface area (Å²) in [4.78, 5) is 32.0. The molecule has 0 spiro atoms. The highest BCUT2D eigenvalue weighted by Gasteiger charge is 2.25. The highest BCUT2D eigenvalue weighted by atomic mass is 32.1. The zero-order chi connectivity index (χ0) is 16.7. The van der Waals surface area contributed by atoms with E-state index in [-0.39, 0.29) is 11.8 Å². The number of fused-ring (bicyclic) bond motifs is 2. The molecule has 4 rings (SSSR count). The maximum Gasteiger partial charge on any atom is 0.271 e. The first-order chi connectivity index (χ1) is 11.6. The topological polar surface area (TPSA) is 80.1 Å². The van der Waals surface area contributed by atoms with E-state index < -0.39 is 0 Å². The Kier molecular flexibility index (Phi) is 3.84. The van der Waals surface area contributed by atoms with Crippen LogP contribution in [-0.2, 0) is 25.8 Å². The summed E-state index contributed by atoms with van der Waals surface area (Å²) in [6.45, 7) is 1.76. The molecule has 1 aliphatic carbocycles. The SMILES string of the molecule is CN1CCn2nc(C(=O)NCCc3nc4c(s3)CCC4)cc2C1=O. The first-order valence-electron chi connectivity index (χ1n) is 8.21. The predicted octanol–water partition coefficient (Wildman–Crippen LogP) is 0.886. The third-order valence-corrected chi connectivity index (χ3v) is 5.71. The average Bonchev–Trinajstić information content (AvgIpc) is 3.24.